The first-order chi connectivity index (χ1) is 10.7. The van der Waals surface area contributed by atoms with Gasteiger partial charge in [-0.15, -0.1) is 11.6 Å². The maximum absolute atomic E-state index is 11.8. The summed E-state index contributed by atoms with van der Waals surface area (Å²) < 4.78 is 23.8. The molecule has 1 amide bonds. The zero-order valence-electron chi connectivity index (χ0n) is 11.9. The smallest absolute Gasteiger partial charge is 0.243 e. The summed E-state index contributed by atoms with van der Waals surface area (Å²) in [7, 11) is -3.81. The second-order valence-electron chi connectivity index (χ2n) is 4.57. The van der Waals surface area contributed by atoms with Crippen molar-refractivity contribution < 1.29 is 13.2 Å². The Kier molecular flexibility index (Phi) is 4.70. The number of benzene rings is 1. The summed E-state index contributed by atoms with van der Waals surface area (Å²) >= 11 is 5.70. The number of anilines is 1. The van der Waals surface area contributed by atoms with E-state index < -0.39 is 21.3 Å². The Labute approximate surface area is 137 Å². The number of hydrogen-bond donors (Lipinski definition) is 2. The summed E-state index contributed by atoms with van der Waals surface area (Å²) in [6.07, 6.45) is 1.28. The van der Waals surface area contributed by atoms with Crippen LogP contribution in [-0.2, 0) is 14.8 Å². The first-order valence-corrected chi connectivity index (χ1v) is 8.28. The average Bonchev–Trinajstić information content (AvgIpc) is 2.89. The number of nitrogens with one attached hydrogen (secondary N) is 1. The minimum absolute atomic E-state index is 0.0612. The van der Waals surface area contributed by atoms with Crippen molar-refractivity contribution in [2.24, 2.45) is 5.14 Å². The lowest BCUT2D eigenvalue weighted by Gasteiger charge is -2.10. The summed E-state index contributed by atoms with van der Waals surface area (Å²) in [5, 5.41) is 19.9. The van der Waals surface area contributed by atoms with Crippen LogP contribution in [0.2, 0.25) is 0 Å². The third-order valence-electron chi connectivity index (χ3n) is 2.90. The van der Waals surface area contributed by atoms with Gasteiger partial charge in [-0.05, 0) is 31.2 Å². The molecule has 0 spiro atoms. The van der Waals surface area contributed by atoms with Crippen molar-refractivity contribution in [3.63, 3.8) is 0 Å². The van der Waals surface area contributed by atoms with Crippen molar-refractivity contribution in [1.29, 1.82) is 5.26 Å². The Bertz CT molecular complexity index is 881. The second-order valence-corrected chi connectivity index (χ2v) is 6.79. The van der Waals surface area contributed by atoms with Gasteiger partial charge in [0.1, 0.15) is 17.0 Å². The third kappa shape index (κ3) is 3.68. The van der Waals surface area contributed by atoms with Crippen molar-refractivity contribution in [3.8, 4) is 11.8 Å². The molecule has 1 unspecified atom stereocenters. The van der Waals surface area contributed by atoms with Gasteiger partial charge in [0.25, 0.3) is 0 Å². The predicted molar refractivity (Wildman–Crippen MR) is 83.6 cm³/mol. The molecule has 8 nitrogen and oxygen atoms in total. The molecule has 3 N–H and O–H groups in total. The van der Waals surface area contributed by atoms with E-state index in [0.717, 1.165) is 0 Å². The minimum atomic E-state index is -3.81. The molecular formula is C13H12ClN5O3S. The van der Waals surface area contributed by atoms with Crippen LogP contribution >= 0.6 is 11.6 Å². The molecule has 0 bridgehead atoms. The van der Waals surface area contributed by atoms with E-state index in [9.17, 15) is 13.2 Å². The SMILES string of the molecule is CC(Cl)C(=O)Nc1c(C#N)cnn1-c1ccc(S(N)(=O)=O)cc1. The zero-order valence-corrected chi connectivity index (χ0v) is 13.5. The maximum atomic E-state index is 11.8. The molecular weight excluding hydrogens is 342 g/mol. The Balaban J connectivity index is 2.46. The van der Waals surface area contributed by atoms with E-state index in [0.29, 0.717) is 5.69 Å². The highest BCUT2D eigenvalue weighted by atomic mass is 35.5. The molecule has 10 heteroatoms. The largest absolute Gasteiger partial charge is 0.308 e. The van der Waals surface area contributed by atoms with E-state index in [1.807, 2.05) is 6.07 Å². The number of hydrogen-bond acceptors (Lipinski definition) is 5. The van der Waals surface area contributed by atoms with Gasteiger partial charge in [-0.25, -0.2) is 18.2 Å². The third-order valence-corrected chi connectivity index (χ3v) is 4.03. The van der Waals surface area contributed by atoms with Gasteiger partial charge in [-0.2, -0.15) is 10.4 Å². The van der Waals surface area contributed by atoms with E-state index in [1.54, 1.807) is 0 Å². The number of alkyl halides is 1. The first kappa shape index (κ1) is 17.0. The number of nitriles is 1. The van der Waals surface area contributed by atoms with E-state index >= 15 is 0 Å². The summed E-state index contributed by atoms with van der Waals surface area (Å²) in [5.41, 5.74) is 0.586. The molecule has 2 rings (SSSR count). The molecule has 1 aromatic carbocycles. The quantitative estimate of drug-likeness (QED) is 0.790. The van der Waals surface area contributed by atoms with E-state index in [-0.39, 0.29) is 16.3 Å². The van der Waals surface area contributed by atoms with Gasteiger partial charge in [0.05, 0.1) is 16.8 Å². The van der Waals surface area contributed by atoms with Gasteiger partial charge in [-0.3, -0.25) is 4.79 Å². The maximum Gasteiger partial charge on any atom is 0.243 e. The van der Waals surface area contributed by atoms with Crippen molar-refractivity contribution in [2.45, 2.75) is 17.2 Å². The number of halogens is 1. The Morgan fingerprint density at radius 1 is 1.43 bits per heavy atom. The molecule has 1 heterocycles. The molecule has 0 saturated carbocycles. The number of amides is 1. The second kappa shape index (κ2) is 6.37. The van der Waals surface area contributed by atoms with Gasteiger partial charge < -0.3 is 5.32 Å². The first-order valence-electron chi connectivity index (χ1n) is 6.30. The molecule has 23 heavy (non-hydrogen) atoms. The van der Waals surface area contributed by atoms with E-state index in [2.05, 4.69) is 10.4 Å². The summed E-state index contributed by atoms with van der Waals surface area (Å²) in [6.45, 7) is 1.49. The molecule has 1 aromatic heterocycles. The van der Waals surface area contributed by atoms with Crippen LogP contribution in [0, 0.1) is 11.3 Å². The Hall–Kier alpha value is -2.41. The van der Waals surface area contributed by atoms with Crippen LogP contribution in [-0.4, -0.2) is 29.5 Å². The van der Waals surface area contributed by atoms with Crippen molar-refractivity contribution >= 4 is 33.3 Å². The minimum Gasteiger partial charge on any atom is -0.308 e. The van der Waals surface area contributed by atoms with Gasteiger partial charge in [0.15, 0.2) is 5.82 Å². The van der Waals surface area contributed by atoms with Crippen LogP contribution in [0.15, 0.2) is 35.4 Å². The van der Waals surface area contributed by atoms with E-state index in [1.165, 1.54) is 42.1 Å². The van der Waals surface area contributed by atoms with Crippen molar-refractivity contribution in [2.75, 3.05) is 5.32 Å². The lowest BCUT2D eigenvalue weighted by Crippen LogP contribution is -2.22. The standard InChI is InChI=1S/C13H12ClN5O3S/c1-8(14)13(20)18-12-9(6-15)7-17-19(12)10-2-4-11(5-3-10)23(16,21)22/h2-5,7-8H,1H3,(H,18,20)(H2,16,21,22). The number of nitrogens with two attached hydrogens (primary N) is 1. The fourth-order valence-electron chi connectivity index (χ4n) is 1.74. The topological polar surface area (TPSA) is 131 Å². The van der Waals surface area contributed by atoms with Crippen LogP contribution in [0.3, 0.4) is 0 Å². The average molecular weight is 354 g/mol. The number of aromatic nitrogens is 2. The monoisotopic (exact) mass is 353 g/mol. The molecule has 0 aliphatic rings. The van der Waals surface area contributed by atoms with Crippen LogP contribution in [0.1, 0.15) is 12.5 Å². The van der Waals surface area contributed by atoms with Gasteiger partial charge in [0.2, 0.25) is 15.9 Å². The molecule has 0 fully saturated rings. The highest BCUT2D eigenvalue weighted by molar-refractivity contribution is 7.89. The van der Waals surface area contributed by atoms with Gasteiger partial charge >= 0.3 is 0 Å². The van der Waals surface area contributed by atoms with Crippen molar-refractivity contribution in [1.82, 2.24) is 9.78 Å². The van der Waals surface area contributed by atoms with Crippen LogP contribution in [0.4, 0.5) is 5.82 Å². The van der Waals surface area contributed by atoms with Crippen LogP contribution in [0.25, 0.3) is 5.69 Å². The van der Waals surface area contributed by atoms with Gasteiger partial charge in [-0.1, -0.05) is 0 Å². The fraction of sp³-hybridized carbons (Fsp3) is 0.154. The molecule has 120 valence electrons. The Morgan fingerprint density at radius 3 is 2.52 bits per heavy atom. The lowest BCUT2D eigenvalue weighted by atomic mass is 10.3. The summed E-state index contributed by atoms with van der Waals surface area (Å²) in [6, 6.07) is 7.41. The van der Waals surface area contributed by atoms with Crippen LogP contribution in [0.5, 0.6) is 0 Å². The number of primary sulfonamides is 1. The number of carbonyl (C=O) groups is 1. The number of nitrogens with zero attached hydrogens (tertiary/aromatic N) is 3. The number of rotatable bonds is 4. The van der Waals surface area contributed by atoms with E-state index in [4.69, 9.17) is 22.0 Å². The zero-order chi connectivity index (χ0) is 17.2. The molecule has 0 aliphatic carbocycles. The highest BCUT2D eigenvalue weighted by Crippen LogP contribution is 2.21. The molecule has 0 saturated heterocycles. The number of carbonyl (C=O) groups excluding carboxylic acids is 1. The van der Waals surface area contributed by atoms with Crippen molar-refractivity contribution in [3.05, 3.63) is 36.0 Å². The summed E-state index contributed by atoms with van der Waals surface area (Å²) in [5.74, 6) is -0.348. The van der Waals surface area contributed by atoms with Gasteiger partial charge in [0, 0.05) is 0 Å². The molecule has 0 radical (unpaired) electrons. The van der Waals surface area contributed by atoms with Crippen LogP contribution < -0.4 is 10.5 Å². The molecule has 0 aliphatic heterocycles. The fourth-order valence-corrected chi connectivity index (χ4v) is 2.31. The molecule has 1 atom stereocenters. The normalized spacial score (nSPS) is 12.4. The predicted octanol–water partition coefficient (Wildman–Crippen LogP) is 0.957. The Morgan fingerprint density at radius 2 is 2.04 bits per heavy atom. The lowest BCUT2D eigenvalue weighted by molar-refractivity contribution is -0.115. The number of sulfonamides is 1. The molecule has 2 aromatic rings. The summed E-state index contributed by atoms with van der Waals surface area (Å²) in [4.78, 5) is 11.7. The highest BCUT2D eigenvalue weighted by Gasteiger charge is 2.18.